The van der Waals surface area contributed by atoms with Gasteiger partial charge in [0.15, 0.2) is 0 Å². The van der Waals surface area contributed by atoms with Gasteiger partial charge in [-0.15, -0.1) is 0 Å². The minimum Gasteiger partial charge on any atom is -0.311 e. The maximum atomic E-state index is 2.33. The van der Waals surface area contributed by atoms with Crippen LogP contribution in [0.1, 0.15) is 44.5 Å². The van der Waals surface area contributed by atoms with E-state index in [0.717, 1.165) is 58.1 Å². The van der Waals surface area contributed by atoms with Crippen molar-refractivity contribution in [3.05, 3.63) is 251 Å². The number of hydrogen-bond donors (Lipinski definition) is 0. The van der Waals surface area contributed by atoms with E-state index in [1.807, 2.05) is 0 Å². The van der Waals surface area contributed by atoms with Gasteiger partial charge in [0.05, 0.1) is 0 Å². The first-order valence-electron chi connectivity index (χ1n) is 20.1. The van der Waals surface area contributed by atoms with Crippen LogP contribution in [-0.4, -0.2) is 0 Å². The van der Waals surface area contributed by atoms with Crippen LogP contribution in [0.15, 0.2) is 206 Å². The molecule has 2 aliphatic rings. The molecule has 0 spiro atoms. The van der Waals surface area contributed by atoms with E-state index in [0.29, 0.717) is 0 Å². The van der Waals surface area contributed by atoms with Crippen LogP contribution in [0.2, 0.25) is 0 Å². The van der Waals surface area contributed by atoms with Gasteiger partial charge in [-0.2, -0.15) is 0 Å². The van der Waals surface area contributed by atoms with Crippen molar-refractivity contribution in [2.24, 2.45) is 0 Å². The van der Waals surface area contributed by atoms with Crippen LogP contribution >= 0.6 is 0 Å². The van der Waals surface area contributed by atoms with Crippen molar-refractivity contribution in [3.63, 3.8) is 0 Å². The molecule has 0 radical (unpaired) electrons. The molecule has 58 heavy (non-hydrogen) atoms. The maximum Gasteiger partial charge on any atom is 0.0462 e. The second kappa shape index (κ2) is 15.6. The zero-order valence-electron chi connectivity index (χ0n) is 32.2. The van der Waals surface area contributed by atoms with E-state index >= 15 is 0 Å². The second-order valence-electron chi connectivity index (χ2n) is 15.0. The molecule has 0 saturated carbocycles. The minimum atomic E-state index is 0.979. The third-order valence-corrected chi connectivity index (χ3v) is 11.3. The van der Waals surface area contributed by atoms with Crippen molar-refractivity contribution in [3.8, 4) is 0 Å². The number of nitrogens with zero attached hydrogens (tertiary/aromatic N) is 2. The van der Waals surface area contributed by atoms with Crippen LogP contribution in [0, 0.1) is 0 Å². The normalized spacial score (nSPS) is 12.8. The average molecular weight is 743 g/mol. The Morgan fingerprint density at radius 3 is 0.966 bits per heavy atom. The van der Waals surface area contributed by atoms with Crippen LogP contribution in [0.3, 0.4) is 0 Å². The topological polar surface area (TPSA) is 6.48 Å². The van der Waals surface area contributed by atoms with Crippen molar-refractivity contribution in [1.29, 1.82) is 0 Å². The number of anilines is 6. The lowest BCUT2D eigenvalue weighted by atomic mass is 10.0. The lowest BCUT2D eigenvalue weighted by Gasteiger charge is -2.26. The first kappa shape index (κ1) is 35.0. The Kier molecular flexibility index (Phi) is 9.43. The molecule has 2 aliphatic carbocycles. The molecule has 0 saturated heterocycles. The van der Waals surface area contributed by atoms with E-state index in [4.69, 9.17) is 0 Å². The van der Waals surface area contributed by atoms with Gasteiger partial charge in [-0.05, 0) is 141 Å². The fourth-order valence-corrected chi connectivity index (χ4v) is 8.29. The highest BCUT2D eigenvalue weighted by atomic mass is 15.1. The summed E-state index contributed by atoms with van der Waals surface area (Å²) < 4.78 is 0. The fraction of sp³-hybridized carbons (Fsp3) is 0.0357. The Labute approximate surface area is 341 Å². The highest BCUT2D eigenvalue weighted by Gasteiger charge is 2.18. The van der Waals surface area contributed by atoms with Crippen LogP contribution in [0.5, 0.6) is 0 Å². The standard InChI is InChI=1S/C56H42N2/c1-3-15-51(16-4-1)57(55-33-25-43(26-34-55)49-37-45-11-7-8-12-46(45)38-49)53-29-21-41(22-30-53)19-20-42-23-31-54(32-24-42)58(52-17-5-2-6-18-52)56-35-27-44(28-36-56)50-39-47-13-9-10-14-48(47)40-50/h1-37,39H,38,40H2. The highest BCUT2D eigenvalue weighted by Crippen LogP contribution is 2.39. The number of hydrogen-bond acceptors (Lipinski definition) is 2. The Morgan fingerprint density at radius 2 is 0.603 bits per heavy atom. The van der Waals surface area contributed by atoms with Crippen molar-refractivity contribution < 1.29 is 0 Å². The number of allylic oxidation sites excluding steroid dienone is 2. The van der Waals surface area contributed by atoms with E-state index in [1.54, 1.807) is 0 Å². The Morgan fingerprint density at radius 1 is 0.293 bits per heavy atom. The molecule has 0 aromatic heterocycles. The smallest absolute Gasteiger partial charge is 0.0462 e. The van der Waals surface area contributed by atoms with E-state index in [9.17, 15) is 0 Å². The summed E-state index contributed by atoms with van der Waals surface area (Å²) >= 11 is 0. The molecule has 0 bridgehead atoms. The molecule has 8 aromatic carbocycles. The molecule has 0 unspecified atom stereocenters. The number of rotatable bonds is 10. The zero-order chi connectivity index (χ0) is 38.7. The fourth-order valence-electron chi connectivity index (χ4n) is 8.29. The molecule has 0 amide bonds. The number of fused-ring (bicyclic) bond motifs is 2. The van der Waals surface area contributed by atoms with Crippen LogP contribution in [0.25, 0.3) is 35.5 Å². The highest BCUT2D eigenvalue weighted by molar-refractivity contribution is 5.91. The molecule has 2 nitrogen and oxygen atoms in total. The Bertz CT molecular complexity index is 2580. The molecule has 2 heteroatoms. The monoisotopic (exact) mass is 742 g/mol. The lowest BCUT2D eigenvalue weighted by molar-refractivity contribution is 1.27. The molecule has 276 valence electrons. The quantitative estimate of drug-likeness (QED) is 0.129. The van der Waals surface area contributed by atoms with Crippen LogP contribution < -0.4 is 9.80 Å². The Hall–Kier alpha value is -7.42. The summed E-state index contributed by atoms with van der Waals surface area (Å²) in [4.78, 5) is 4.65. The van der Waals surface area contributed by atoms with Crippen molar-refractivity contribution >= 4 is 69.6 Å². The van der Waals surface area contributed by atoms with Gasteiger partial charge in [0.1, 0.15) is 0 Å². The third kappa shape index (κ3) is 7.20. The van der Waals surface area contributed by atoms with E-state index in [2.05, 4.69) is 240 Å². The molecule has 8 aromatic rings. The van der Waals surface area contributed by atoms with Gasteiger partial charge in [-0.3, -0.25) is 0 Å². The molecular weight excluding hydrogens is 701 g/mol. The summed E-state index contributed by atoms with van der Waals surface area (Å²) in [6.07, 6.45) is 11.0. The number of benzene rings is 8. The van der Waals surface area contributed by atoms with E-state index < -0.39 is 0 Å². The summed E-state index contributed by atoms with van der Waals surface area (Å²) in [5.74, 6) is 0. The SMILES string of the molecule is C(=Cc1ccc(N(c2ccccc2)c2ccc(C3=Cc4ccccc4C3)cc2)cc1)c1ccc(N(c2ccccc2)c2ccc(C3=Cc4ccccc4C3)cc2)cc1. The lowest BCUT2D eigenvalue weighted by Crippen LogP contribution is -2.09. The van der Waals surface area contributed by atoms with Crippen molar-refractivity contribution in [2.75, 3.05) is 9.80 Å². The summed E-state index contributed by atoms with van der Waals surface area (Å²) in [6, 6.07) is 74.2. The van der Waals surface area contributed by atoms with Crippen molar-refractivity contribution in [1.82, 2.24) is 0 Å². The maximum absolute atomic E-state index is 2.33. The molecule has 0 fully saturated rings. The van der Waals surface area contributed by atoms with Gasteiger partial charge < -0.3 is 9.80 Å². The molecule has 10 rings (SSSR count). The second-order valence-corrected chi connectivity index (χ2v) is 15.0. The summed E-state index contributed by atoms with van der Waals surface area (Å²) in [5.41, 5.74) is 19.8. The number of para-hydroxylation sites is 2. The summed E-state index contributed by atoms with van der Waals surface area (Å²) in [7, 11) is 0. The van der Waals surface area contributed by atoms with Crippen LogP contribution in [-0.2, 0) is 12.8 Å². The van der Waals surface area contributed by atoms with E-state index in [-0.39, 0.29) is 0 Å². The summed E-state index contributed by atoms with van der Waals surface area (Å²) in [5, 5.41) is 0. The van der Waals surface area contributed by atoms with Gasteiger partial charge >= 0.3 is 0 Å². The first-order valence-corrected chi connectivity index (χ1v) is 20.1. The first-order chi connectivity index (χ1) is 28.7. The van der Waals surface area contributed by atoms with Gasteiger partial charge in [0.2, 0.25) is 0 Å². The predicted molar refractivity (Wildman–Crippen MR) is 247 cm³/mol. The zero-order valence-corrected chi connectivity index (χ0v) is 32.2. The van der Waals surface area contributed by atoms with Gasteiger partial charge in [-0.25, -0.2) is 0 Å². The molecule has 0 atom stereocenters. The summed E-state index contributed by atoms with van der Waals surface area (Å²) in [6.45, 7) is 0. The van der Waals surface area contributed by atoms with E-state index in [1.165, 1.54) is 44.5 Å². The molecule has 0 aliphatic heterocycles. The minimum absolute atomic E-state index is 0.979. The van der Waals surface area contributed by atoms with Gasteiger partial charge in [-0.1, -0.05) is 158 Å². The van der Waals surface area contributed by atoms with Gasteiger partial charge in [0, 0.05) is 34.1 Å². The molecule has 0 heterocycles. The molecular formula is C56H42N2. The average Bonchev–Trinajstić information content (AvgIpc) is 3.94. The van der Waals surface area contributed by atoms with Crippen LogP contribution in [0.4, 0.5) is 34.1 Å². The predicted octanol–water partition coefficient (Wildman–Crippen LogP) is 15.0. The Balaban J connectivity index is 0.862. The third-order valence-electron chi connectivity index (χ3n) is 11.3. The molecule has 0 N–H and O–H groups in total. The van der Waals surface area contributed by atoms with Crippen molar-refractivity contribution in [2.45, 2.75) is 12.8 Å². The largest absolute Gasteiger partial charge is 0.311 e. The van der Waals surface area contributed by atoms with Gasteiger partial charge in [0.25, 0.3) is 0 Å².